The normalized spacial score (nSPS) is 19.2. The summed E-state index contributed by atoms with van der Waals surface area (Å²) in [6.45, 7) is 0.291. The fourth-order valence-corrected chi connectivity index (χ4v) is 2.42. The molecule has 0 saturated carbocycles. The molecule has 0 bridgehead atoms. The quantitative estimate of drug-likeness (QED) is 0.817. The molecule has 1 heterocycles. The third kappa shape index (κ3) is 3.30. The summed E-state index contributed by atoms with van der Waals surface area (Å²) in [6, 6.07) is 7.25. The number of benzene rings is 1. The van der Waals surface area contributed by atoms with Crippen LogP contribution in [-0.2, 0) is 21.1 Å². The zero-order valence-corrected chi connectivity index (χ0v) is 11.0. The van der Waals surface area contributed by atoms with Crippen LogP contribution in [-0.4, -0.2) is 38.9 Å². The Hall–Kier alpha value is -1.40. The van der Waals surface area contributed by atoms with E-state index in [1.54, 1.807) is 0 Å². The summed E-state index contributed by atoms with van der Waals surface area (Å²) in [5.41, 5.74) is 1.90. The van der Waals surface area contributed by atoms with Crippen LogP contribution in [0.4, 0.5) is 5.69 Å². The van der Waals surface area contributed by atoms with Crippen molar-refractivity contribution in [2.45, 2.75) is 12.5 Å². The molecular formula is C12H16N2O3S. The summed E-state index contributed by atoms with van der Waals surface area (Å²) >= 11 is 0. The smallest absolute Gasteiger partial charge is 0.241 e. The number of hydrogen-bond acceptors (Lipinski definition) is 4. The minimum atomic E-state index is -3.00. The van der Waals surface area contributed by atoms with Gasteiger partial charge in [-0.3, -0.25) is 4.79 Å². The number of rotatable bonds is 4. The molecule has 1 aromatic rings. The molecule has 1 amide bonds. The van der Waals surface area contributed by atoms with Crippen LogP contribution in [0.2, 0.25) is 0 Å². The third-order valence-corrected chi connectivity index (χ3v) is 3.83. The van der Waals surface area contributed by atoms with Crippen LogP contribution >= 0.6 is 0 Å². The van der Waals surface area contributed by atoms with Gasteiger partial charge in [0.2, 0.25) is 5.91 Å². The van der Waals surface area contributed by atoms with Crippen molar-refractivity contribution in [3.05, 3.63) is 29.8 Å². The SMILES string of the molecule is CS(=O)(=O)CCNC1Cc2ccccc2NC1=O. The van der Waals surface area contributed by atoms with Gasteiger partial charge in [-0.25, -0.2) is 8.42 Å². The summed E-state index contributed by atoms with van der Waals surface area (Å²) < 4.78 is 22.0. The molecule has 0 radical (unpaired) electrons. The van der Waals surface area contributed by atoms with Gasteiger partial charge in [-0.2, -0.15) is 0 Å². The molecule has 2 N–H and O–H groups in total. The number of anilines is 1. The average Bonchev–Trinajstić information content (AvgIpc) is 2.28. The number of amides is 1. The van der Waals surface area contributed by atoms with Crippen molar-refractivity contribution in [1.29, 1.82) is 0 Å². The molecule has 1 aliphatic rings. The number of hydrogen-bond donors (Lipinski definition) is 2. The number of sulfone groups is 1. The van der Waals surface area contributed by atoms with E-state index in [4.69, 9.17) is 0 Å². The molecule has 2 rings (SSSR count). The Balaban J connectivity index is 1.98. The molecular weight excluding hydrogens is 252 g/mol. The standard InChI is InChI=1S/C12H16N2O3S/c1-18(16,17)7-6-13-11-8-9-4-2-3-5-10(9)14-12(11)15/h2-5,11,13H,6-8H2,1H3,(H,14,15). The molecule has 0 saturated heterocycles. The van der Waals surface area contributed by atoms with Crippen molar-refractivity contribution < 1.29 is 13.2 Å². The van der Waals surface area contributed by atoms with Gasteiger partial charge in [-0.1, -0.05) is 18.2 Å². The van der Waals surface area contributed by atoms with Crippen LogP contribution in [0.25, 0.3) is 0 Å². The van der Waals surface area contributed by atoms with Crippen molar-refractivity contribution in [2.75, 3.05) is 23.9 Å². The summed E-state index contributed by atoms with van der Waals surface area (Å²) in [7, 11) is -3.00. The second-order valence-electron chi connectivity index (χ2n) is 4.49. The highest BCUT2D eigenvalue weighted by atomic mass is 32.2. The van der Waals surface area contributed by atoms with E-state index < -0.39 is 9.84 Å². The van der Waals surface area contributed by atoms with Gasteiger partial charge in [-0.15, -0.1) is 0 Å². The topological polar surface area (TPSA) is 75.3 Å². The van der Waals surface area contributed by atoms with Crippen LogP contribution in [0.1, 0.15) is 5.56 Å². The van der Waals surface area contributed by atoms with Gasteiger partial charge < -0.3 is 10.6 Å². The van der Waals surface area contributed by atoms with Crippen LogP contribution in [0, 0.1) is 0 Å². The molecule has 6 heteroatoms. The average molecular weight is 268 g/mol. The first-order valence-corrected chi connectivity index (χ1v) is 7.81. The molecule has 1 atom stereocenters. The predicted molar refractivity (Wildman–Crippen MR) is 70.3 cm³/mol. The Labute approximate surface area is 107 Å². The van der Waals surface area contributed by atoms with E-state index in [1.807, 2.05) is 24.3 Å². The maximum Gasteiger partial charge on any atom is 0.241 e. The Morgan fingerprint density at radius 2 is 2.11 bits per heavy atom. The van der Waals surface area contributed by atoms with Crippen LogP contribution in [0.15, 0.2) is 24.3 Å². The molecule has 0 spiro atoms. The minimum absolute atomic E-state index is 0.0401. The fraction of sp³-hybridized carbons (Fsp3) is 0.417. The first-order chi connectivity index (χ1) is 8.46. The number of carbonyl (C=O) groups excluding carboxylic acids is 1. The van der Waals surface area contributed by atoms with Gasteiger partial charge >= 0.3 is 0 Å². The zero-order chi connectivity index (χ0) is 13.2. The lowest BCUT2D eigenvalue weighted by Crippen LogP contribution is -2.46. The van der Waals surface area contributed by atoms with Crippen LogP contribution in [0.3, 0.4) is 0 Å². The molecule has 0 aliphatic carbocycles. The second kappa shape index (κ2) is 5.07. The maximum absolute atomic E-state index is 11.8. The first kappa shape index (κ1) is 13.0. The van der Waals surface area contributed by atoms with Crippen molar-refractivity contribution in [2.24, 2.45) is 0 Å². The van der Waals surface area contributed by atoms with Gasteiger partial charge in [0.15, 0.2) is 0 Å². The summed E-state index contributed by atoms with van der Waals surface area (Å²) in [4.78, 5) is 11.8. The number of nitrogens with one attached hydrogen (secondary N) is 2. The molecule has 1 unspecified atom stereocenters. The second-order valence-corrected chi connectivity index (χ2v) is 6.75. The predicted octanol–water partition coefficient (Wildman–Crippen LogP) is 0.184. The molecule has 1 aliphatic heterocycles. The van der Waals surface area contributed by atoms with Crippen molar-refractivity contribution in [3.8, 4) is 0 Å². The van der Waals surface area contributed by atoms with E-state index in [2.05, 4.69) is 10.6 Å². The molecule has 18 heavy (non-hydrogen) atoms. The van der Waals surface area contributed by atoms with Gasteiger partial charge in [-0.05, 0) is 18.1 Å². The largest absolute Gasteiger partial charge is 0.324 e. The molecule has 0 fully saturated rings. The lowest BCUT2D eigenvalue weighted by Gasteiger charge is -2.25. The summed E-state index contributed by atoms with van der Waals surface area (Å²) in [5, 5.41) is 5.78. The van der Waals surface area contributed by atoms with Gasteiger partial charge in [0.25, 0.3) is 0 Å². The van der Waals surface area contributed by atoms with Crippen molar-refractivity contribution in [1.82, 2.24) is 5.32 Å². The van der Waals surface area contributed by atoms with E-state index in [0.29, 0.717) is 13.0 Å². The molecule has 0 aromatic heterocycles. The van der Waals surface area contributed by atoms with E-state index >= 15 is 0 Å². The van der Waals surface area contributed by atoms with E-state index in [-0.39, 0.29) is 17.7 Å². The fourth-order valence-electron chi connectivity index (χ4n) is 1.94. The Kier molecular flexibility index (Phi) is 3.68. The number of para-hydroxylation sites is 1. The Morgan fingerprint density at radius 1 is 1.39 bits per heavy atom. The highest BCUT2D eigenvalue weighted by molar-refractivity contribution is 7.90. The first-order valence-electron chi connectivity index (χ1n) is 5.75. The van der Waals surface area contributed by atoms with E-state index in [0.717, 1.165) is 11.3 Å². The van der Waals surface area contributed by atoms with Crippen molar-refractivity contribution in [3.63, 3.8) is 0 Å². The zero-order valence-electron chi connectivity index (χ0n) is 10.1. The third-order valence-electron chi connectivity index (χ3n) is 2.88. The summed E-state index contributed by atoms with van der Waals surface area (Å²) in [6.07, 6.45) is 1.77. The lowest BCUT2D eigenvalue weighted by molar-refractivity contribution is -0.118. The molecule has 5 nitrogen and oxygen atoms in total. The van der Waals surface area contributed by atoms with E-state index in [1.165, 1.54) is 6.26 Å². The van der Waals surface area contributed by atoms with Crippen LogP contribution in [0.5, 0.6) is 0 Å². The molecule has 1 aromatic carbocycles. The number of fused-ring (bicyclic) bond motifs is 1. The Bertz CT molecular complexity index is 554. The highest BCUT2D eigenvalue weighted by Crippen LogP contribution is 2.21. The van der Waals surface area contributed by atoms with Gasteiger partial charge in [0.05, 0.1) is 11.8 Å². The minimum Gasteiger partial charge on any atom is -0.324 e. The number of carbonyl (C=O) groups is 1. The highest BCUT2D eigenvalue weighted by Gasteiger charge is 2.25. The maximum atomic E-state index is 11.8. The van der Waals surface area contributed by atoms with Crippen molar-refractivity contribution >= 4 is 21.4 Å². The lowest BCUT2D eigenvalue weighted by atomic mass is 9.99. The monoisotopic (exact) mass is 268 g/mol. The van der Waals surface area contributed by atoms with Gasteiger partial charge in [0.1, 0.15) is 9.84 Å². The van der Waals surface area contributed by atoms with E-state index in [9.17, 15) is 13.2 Å². The summed E-state index contributed by atoms with van der Waals surface area (Å²) in [5.74, 6) is -0.0690. The molecule has 98 valence electrons. The van der Waals surface area contributed by atoms with Crippen LogP contribution < -0.4 is 10.6 Å². The van der Waals surface area contributed by atoms with Gasteiger partial charge in [0, 0.05) is 18.5 Å². The Morgan fingerprint density at radius 3 is 2.83 bits per heavy atom.